The first-order valence-corrected chi connectivity index (χ1v) is 24.5. The Bertz CT molecular complexity index is 1400. The van der Waals surface area contributed by atoms with E-state index in [0.29, 0.717) is 12.8 Å². The Morgan fingerprint density at radius 2 is 1.49 bits per heavy atom. The van der Waals surface area contributed by atoms with Gasteiger partial charge in [-0.05, 0) is 44.9 Å². The van der Waals surface area contributed by atoms with Crippen molar-refractivity contribution in [1.29, 1.82) is 0 Å². The van der Waals surface area contributed by atoms with Crippen LogP contribution in [-0.2, 0) is 38.1 Å². The molecule has 3 amide bonds. The lowest BCUT2D eigenvalue weighted by atomic mass is 9.98. The van der Waals surface area contributed by atoms with Crippen molar-refractivity contribution in [3.8, 4) is 0 Å². The molecule has 0 aromatic heterocycles. The average Bonchev–Trinajstić information content (AvgIpc) is 3.86. The predicted molar refractivity (Wildman–Crippen MR) is 237 cm³/mol. The van der Waals surface area contributed by atoms with Crippen LogP contribution < -0.4 is 16.0 Å². The minimum Gasteiger partial charge on any atom is -0.458 e. The van der Waals surface area contributed by atoms with Crippen LogP contribution in [-0.4, -0.2) is 182 Å². The molecular weight excluding hydrogens is 875 g/mol. The van der Waals surface area contributed by atoms with Gasteiger partial charge >= 0.3 is 18.0 Å². The van der Waals surface area contributed by atoms with Gasteiger partial charge in [-0.2, -0.15) is 11.8 Å². The van der Waals surface area contributed by atoms with Crippen LogP contribution in [0.3, 0.4) is 0 Å². The molecule has 11 N–H and O–H groups in total. The fourth-order valence-electron chi connectivity index (χ4n) is 7.83. The number of hydrogen-bond acceptors (Lipinski definition) is 18. The number of fused-ring (bicyclic) bond motifs is 1. The Labute approximate surface area is 386 Å². The molecule has 20 nitrogen and oxygen atoms in total. The zero-order valence-corrected chi connectivity index (χ0v) is 38.6. The molecule has 0 aromatic rings. The lowest BCUT2D eigenvalue weighted by molar-refractivity contribution is -0.326. The maximum Gasteiger partial charge on any atom is 0.315 e. The molecule has 13 atom stereocenters. The summed E-state index contributed by atoms with van der Waals surface area (Å²) in [6, 6.07) is 0.0325. The van der Waals surface area contributed by atoms with Gasteiger partial charge in [0.2, 0.25) is 0 Å². The maximum atomic E-state index is 13.1. The first-order valence-electron chi connectivity index (χ1n) is 23.5. The van der Waals surface area contributed by atoms with Gasteiger partial charge in [-0.3, -0.25) is 14.4 Å². The van der Waals surface area contributed by atoms with Gasteiger partial charge in [0.1, 0.15) is 48.8 Å². The summed E-state index contributed by atoms with van der Waals surface area (Å²) in [5, 5.41) is 90.1. The van der Waals surface area contributed by atoms with Crippen molar-refractivity contribution in [2.45, 2.75) is 201 Å². The Hall–Kier alpha value is -2.67. The number of urea groups is 1. The molecule has 0 radical (unpaired) electrons. The van der Waals surface area contributed by atoms with Crippen LogP contribution in [0.25, 0.3) is 0 Å². The molecule has 3 saturated heterocycles. The first-order chi connectivity index (χ1) is 31.3. The molecule has 7 unspecified atom stereocenters. The summed E-state index contributed by atoms with van der Waals surface area (Å²) in [5.41, 5.74) is 0. The van der Waals surface area contributed by atoms with Gasteiger partial charge in [0.05, 0.1) is 38.4 Å². The molecule has 3 rings (SSSR count). The summed E-state index contributed by atoms with van der Waals surface area (Å²) in [6.07, 6.45) is 2.37. The Morgan fingerprint density at radius 1 is 0.846 bits per heavy atom. The molecule has 65 heavy (non-hydrogen) atoms. The topological polar surface area (TPSA) is 312 Å². The first kappa shape index (κ1) is 56.7. The number of ether oxygens (including phenoxy) is 5. The molecule has 0 bridgehead atoms. The van der Waals surface area contributed by atoms with Crippen molar-refractivity contribution in [3.63, 3.8) is 0 Å². The van der Waals surface area contributed by atoms with Gasteiger partial charge in [0, 0.05) is 23.8 Å². The summed E-state index contributed by atoms with van der Waals surface area (Å²) >= 11 is 1.79. The minimum absolute atomic E-state index is 0.0742. The van der Waals surface area contributed by atoms with E-state index in [0.717, 1.165) is 57.1 Å². The van der Waals surface area contributed by atoms with E-state index in [4.69, 9.17) is 23.7 Å². The van der Waals surface area contributed by atoms with Crippen molar-refractivity contribution in [3.05, 3.63) is 12.2 Å². The Morgan fingerprint density at radius 3 is 2.17 bits per heavy atom. The molecule has 0 aliphatic carbocycles. The van der Waals surface area contributed by atoms with Crippen LogP contribution >= 0.6 is 11.8 Å². The highest BCUT2D eigenvalue weighted by Gasteiger charge is 2.47. The maximum absolute atomic E-state index is 13.1. The monoisotopic (exact) mass is 951 g/mol. The fourth-order valence-corrected chi connectivity index (χ4v) is 9.37. The van der Waals surface area contributed by atoms with E-state index >= 15 is 0 Å². The molecule has 3 heterocycles. The third kappa shape index (κ3) is 20.6. The van der Waals surface area contributed by atoms with Gasteiger partial charge in [-0.1, -0.05) is 76.9 Å². The highest BCUT2D eigenvalue weighted by Crippen LogP contribution is 2.33. The van der Waals surface area contributed by atoms with E-state index < -0.39 is 106 Å². The number of carbonyl (C=O) groups excluding carboxylic acids is 4. The van der Waals surface area contributed by atoms with E-state index in [1.54, 1.807) is 11.8 Å². The SMILES string of the molecule is CCCCCCCC/C=C/CCCCCCCC(=O)OC(CNC(=O)C(O)C(O)C(O[C@H]1OC(CO)[C@@H](O)C(O)[C@H]1O)C(O)CO)COCOC(=O)CCCC[C@H]1SC[C@H]2NC(=O)N[C@H]21. The highest BCUT2D eigenvalue weighted by molar-refractivity contribution is 8.00. The molecule has 376 valence electrons. The van der Waals surface area contributed by atoms with Gasteiger partial charge < -0.3 is 80.5 Å². The second-order valence-corrected chi connectivity index (χ2v) is 18.3. The van der Waals surface area contributed by atoms with Crippen LogP contribution in [0.2, 0.25) is 0 Å². The molecule has 0 aromatic carbocycles. The van der Waals surface area contributed by atoms with Crippen molar-refractivity contribution in [2.75, 3.05) is 38.9 Å². The number of nitrogens with one attached hydrogen (secondary N) is 3. The summed E-state index contributed by atoms with van der Waals surface area (Å²) < 4.78 is 26.9. The van der Waals surface area contributed by atoms with Gasteiger partial charge in [-0.15, -0.1) is 0 Å². The Kier molecular flexibility index (Phi) is 28.0. The molecule has 3 aliphatic rings. The average molecular weight is 952 g/mol. The number of thioether (sulfide) groups is 1. The number of rotatable bonds is 35. The second-order valence-electron chi connectivity index (χ2n) is 17.0. The largest absolute Gasteiger partial charge is 0.458 e. The number of aliphatic hydroxyl groups is 8. The van der Waals surface area contributed by atoms with E-state index in [2.05, 4.69) is 35.0 Å². The van der Waals surface area contributed by atoms with Crippen LogP contribution in [0.15, 0.2) is 12.2 Å². The Balaban J connectivity index is 1.45. The summed E-state index contributed by atoms with van der Waals surface area (Å²) in [6.45, 7) is -0.906. The lowest BCUT2D eigenvalue weighted by Gasteiger charge is -2.42. The van der Waals surface area contributed by atoms with E-state index in [-0.39, 0.29) is 42.8 Å². The summed E-state index contributed by atoms with van der Waals surface area (Å²) in [7, 11) is 0. The van der Waals surface area contributed by atoms with Crippen molar-refractivity contribution >= 4 is 35.6 Å². The smallest absolute Gasteiger partial charge is 0.315 e. The van der Waals surface area contributed by atoms with Crippen LogP contribution in [0.4, 0.5) is 4.79 Å². The van der Waals surface area contributed by atoms with Crippen LogP contribution in [0, 0.1) is 0 Å². The molecule has 0 spiro atoms. The van der Waals surface area contributed by atoms with Crippen LogP contribution in [0.5, 0.6) is 0 Å². The summed E-state index contributed by atoms with van der Waals surface area (Å²) in [4.78, 5) is 50.0. The highest BCUT2D eigenvalue weighted by atomic mass is 32.2. The standard InChI is InChI=1S/C44H77N3O17S/c1-2-3-4-5-6-7-8-9-10-11-12-13-14-15-16-21-34(52)62-28(25-60-27-61-33(51)20-18-17-19-32-35-29(26-65-32)46-44(59)47-35)22-45-42(58)39(56)38(55)41(30(50)23-48)64-43-40(57)37(54)36(53)31(24-49)63-43/h9-10,28-32,35-41,43,48-50,53-57H,2-8,11-27H2,1H3,(H,45,58)(H2,46,47,59)/b10-9+/t28?,29-,30?,31?,32-,35-,36-,37?,38?,39?,40-,41?,43-/m1/s1. The molecule has 3 fully saturated rings. The summed E-state index contributed by atoms with van der Waals surface area (Å²) in [5.74, 6) is -1.48. The normalized spacial score (nSPS) is 26.4. The number of hydrogen-bond donors (Lipinski definition) is 11. The zero-order chi connectivity index (χ0) is 47.6. The number of esters is 2. The third-order valence-electron chi connectivity index (χ3n) is 11.7. The quantitative estimate of drug-likeness (QED) is 0.0136. The van der Waals surface area contributed by atoms with E-state index in [9.17, 15) is 60.0 Å². The molecule has 0 saturated carbocycles. The zero-order valence-electron chi connectivity index (χ0n) is 37.8. The molecule has 21 heteroatoms. The number of carbonyl (C=O) groups is 4. The number of amides is 3. The predicted octanol–water partition coefficient (Wildman–Crippen LogP) is 0.555. The number of aliphatic hydroxyl groups excluding tert-OH is 8. The number of unbranched alkanes of at least 4 members (excludes halogenated alkanes) is 12. The van der Waals surface area contributed by atoms with E-state index in [1.165, 1.54) is 38.5 Å². The van der Waals surface area contributed by atoms with Crippen molar-refractivity contribution in [1.82, 2.24) is 16.0 Å². The van der Waals surface area contributed by atoms with Gasteiger partial charge in [0.15, 0.2) is 19.2 Å². The van der Waals surface area contributed by atoms with Gasteiger partial charge in [-0.25, -0.2) is 4.79 Å². The second kappa shape index (κ2) is 32.1. The van der Waals surface area contributed by atoms with Gasteiger partial charge in [0.25, 0.3) is 5.91 Å². The lowest BCUT2D eigenvalue weighted by Crippen LogP contribution is -2.62. The third-order valence-corrected chi connectivity index (χ3v) is 13.3. The minimum atomic E-state index is -2.35. The number of allylic oxidation sites excluding steroid dienone is 2. The molecule has 3 aliphatic heterocycles. The van der Waals surface area contributed by atoms with Crippen molar-refractivity contribution in [2.24, 2.45) is 0 Å². The van der Waals surface area contributed by atoms with Crippen LogP contribution in [0.1, 0.15) is 122 Å². The van der Waals surface area contributed by atoms with Crippen molar-refractivity contribution < 1.29 is 83.7 Å². The molecular formula is C44H77N3O17S. The van der Waals surface area contributed by atoms with E-state index in [1.807, 2.05) is 0 Å². The fraction of sp³-hybridized carbons (Fsp3) is 0.864.